The Morgan fingerprint density at radius 1 is 1.38 bits per heavy atom. The highest BCUT2D eigenvalue weighted by molar-refractivity contribution is 7.90. The number of aromatic carboxylic acids is 1. The van der Waals surface area contributed by atoms with Gasteiger partial charge in [-0.3, -0.25) is 4.79 Å². The number of carbonyl (C=O) groups excluding carboxylic acids is 1. The van der Waals surface area contributed by atoms with E-state index in [1.807, 2.05) is 0 Å². The van der Waals surface area contributed by atoms with E-state index in [0.29, 0.717) is 0 Å². The normalized spacial score (nSPS) is 16.7. The second kappa shape index (κ2) is 3.05. The molecule has 1 aliphatic rings. The van der Waals surface area contributed by atoms with E-state index in [4.69, 9.17) is 5.11 Å². The Bertz CT molecular complexity index is 617. The van der Waals surface area contributed by atoms with E-state index >= 15 is 0 Å². The molecule has 0 saturated heterocycles. The van der Waals surface area contributed by atoms with Gasteiger partial charge in [-0.05, 0) is 24.6 Å². The number of amides is 1. The number of carbonyl (C=O) groups is 2. The van der Waals surface area contributed by atoms with E-state index in [-0.39, 0.29) is 21.6 Å². The third-order valence-corrected chi connectivity index (χ3v) is 3.77. The molecular formula is C9H7NO5S. The number of carboxylic acid groups (broad SMARTS) is 1. The van der Waals surface area contributed by atoms with Gasteiger partial charge < -0.3 is 5.11 Å². The molecule has 1 aromatic rings. The SMILES string of the molecule is Cc1c(C(=O)O)ccc2c1C(=O)NS2(=O)=O. The van der Waals surface area contributed by atoms with Crippen LogP contribution in [0.25, 0.3) is 0 Å². The number of rotatable bonds is 1. The first-order valence-corrected chi connectivity index (χ1v) is 5.77. The number of nitrogens with one attached hydrogen (secondary N) is 1. The van der Waals surface area contributed by atoms with Crippen LogP contribution in [-0.4, -0.2) is 25.4 Å². The minimum absolute atomic E-state index is 0.0778. The van der Waals surface area contributed by atoms with Crippen LogP contribution in [0.15, 0.2) is 17.0 Å². The van der Waals surface area contributed by atoms with E-state index in [1.165, 1.54) is 13.0 Å². The van der Waals surface area contributed by atoms with Crippen molar-refractivity contribution in [1.29, 1.82) is 0 Å². The molecule has 1 aromatic carbocycles. The van der Waals surface area contributed by atoms with Crippen LogP contribution in [0.5, 0.6) is 0 Å². The molecule has 0 fully saturated rings. The van der Waals surface area contributed by atoms with Gasteiger partial charge in [0.25, 0.3) is 15.9 Å². The van der Waals surface area contributed by atoms with Gasteiger partial charge in [0, 0.05) is 0 Å². The van der Waals surface area contributed by atoms with Crippen LogP contribution < -0.4 is 4.72 Å². The Hall–Kier alpha value is -1.89. The highest BCUT2D eigenvalue weighted by Crippen LogP contribution is 2.27. The standard InChI is InChI=1S/C9H7NO5S/c1-4-5(9(12)13)2-3-6-7(4)8(11)10-16(6,14)15/h2-3H,1H3,(H,10,11)(H,12,13). The van der Waals surface area contributed by atoms with Gasteiger partial charge in [-0.2, -0.15) is 0 Å². The maximum Gasteiger partial charge on any atom is 0.335 e. The molecule has 0 aliphatic carbocycles. The topological polar surface area (TPSA) is 101 Å². The fourth-order valence-corrected chi connectivity index (χ4v) is 2.87. The zero-order valence-electron chi connectivity index (χ0n) is 8.14. The lowest BCUT2D eigenvalue weighted by atomic mass is 10.0. The average molecular weight is 241 g/mol. The molecular weight excluding hydrogens is 234 g/mol. The molecule has 0 spiro atoms. The largest absolute Gasteiger partial charge is 0.478 e. The monoisotopic (exact) mass is 241 g/mol. The van der Waals surface area contributed by atoms with Crippen LogP contribution in [0.1, 0.15) is 26.3 Å². The van der Waals surface area contributed by atoms with Crippen molar-refractivity contribution in [3.05, 3.63) is 28.8 Å². The molecule has 1 amide bonds. The Balaban J connectivity index is 2.83. The molecule has 2 N–H and O–H groups in total. The Labute approximate surface area is 90.9 Å². The number of hydrogen-bond acceptors (Lipinski definition) is 4. The molecule has 0 atom stereocenters. The molecule has 1 aliphatic heterocycles. The first-order valence-electron chi connectivity index (χ1n) is 4.28. The summed E-state index contributed by atoms with van der Waals surface area (Å²) in [6.07, 6.45) is 0. The summed E-state index contributed by atoms with van der Waals surface area (Å²) in [6, 6.07) is 2.30. The third kappa shape index (κ3) is 1.28. The van der Waals surface area contributed by atoms with E-state index in [9.17, 15) is 18.0 Å². The molecule has 0 unspecified atom stereocenters. The minimum Gasteiger partial charge on any atom is -0.478 e. The third-order valence-electron chi connectivity index (χ3n) is 2.40. The van der Waals surface area contributed by atoms with Gasteiger partial charge in [0.1, 0.15) is 4.90 Å². The van der Waals surface area contributed by atoms with E-state index < -0.39 is 21.9 Å². The summed E-state index contributed by atoms with van der Waals surface area (Å²) in [7, 11) is -3.81. The highest BCUT2D eigenvalue weighted by Gasteiger charge is 2.35. The first-order chi connectivity index (χ1) is 7.34. The number of sulfonamides is 1. The lowest BCUT2D eigenvalue weighted by molar-refractivity contribution is 0.0696. The second-order valence-electron chi connectivity index (χ2n) is 3.35. The smallest absolute Gasteiger partial charge is 0.335 e. The van der Waals surface area contributed by atoms with Crippen LogP contribution in [0.4, 0.5) is 0 Å². The van der Waals surface area contributed by atoms with Crippen molar-refractivity contribution in [2.24, 2.45) is 0 Å². The molecule has 6 nitrogen and oxygen atoms in total. The summed E-state index contributed by atoms with van der Waals surface area (Å²) in [5.41, 5.74) is -0.00512. The van der Waals surface area contributed by atoms with Crippen LogP contribution in [0.3, 0.4) is 0 Å². The lowest BCUT2D eigenvalue weighted by Gasteiger charge is -2.03. The minimum atomic E-state index is -3.81. The fraction of sp³-hybridized carbons (Fsp3) is 0.111. The predicted octanol–water partition coefficient (Wildman–Crippen LogP) is 0.125. The van der Waals surface area contributed by atoms with E-state index in [0.717, 1.165) is 6.07 Å². The van der Waals surface area contributed by atoms with Crippen LogP contribution >= 0.6 is 0 Å². The molecule has 0 radical (unpaired) electrons. The molecule has 1 heterocycles. The Morgan fingerprint density at radius 2 is 2.00 bits per heavy atom. The first kappa shape index (κ1) is 10.6. The Morgan fingerprint density at radius 3 is 2.56 bits per heavy atom. The van der Waals surface area contributed by atoms with Gasteiger partial charge in [0.2, 0.25) is 0 Å². The molecule has 0 aromatic heterocycles. The van der Waals surface area contributed by atoms with Crippen LogP contribution in [0, 0.1) is 6.92 Å². The summed E-state index contributed by atoms with van der Waals surface area (Å²) in [4.78, 5) is 22.0. The van der Waals surface area contributed by atoms with Crippen molar-refractivity contribution >= 4 is 21.9 Å². The van der Waals surface area contributed by atoms with Gasteiger partial charge in [-0.15, -0.1) is 0 Å². The zero-order valence-corrected chi connectivity index (χ0v) is 8.96. The van der Waals surface area contributed by atoms with Gasteiger partial charge >= 0.3 is 5.97 Å². The fourth-order valence-electron chi connectivity index (χ4n) is 1.65. The Kier molecular flexibility index (Phi) is 2.02. The van der Waals surface area contributed by atoms with Gasteiger partial charge in [0.05, 0.1) is 11.1 Å². The summed E-state index contributed by atoms with van der Waals surface area (Å²) >= 11 is 0. The predicted molar refractivity (Wildman–Crippen MR) is 52.8 cm³/mol. The summed E-state index contributed by atoms with van der Waals surface area (Å²) in [5, 5.41) is 8.83. The molecule has 7 heteroatoms. The molecule has 84 valence electrons. The van der Waals surface area contributed by atoms with E-state index in [1.54, 1.807) is 4.72 Å². The van der Waals surface area contributed by atoms with Gasteiger partial charge in [-0.1, -0.05) is 0 Å². The zero-order chi connectivity index (χ0) is 12.1. The molecule has 0 bridgehead atoms. The highest BCUT2D eigenvalue weighted by atomic mass is 32.2. The summed E-state index contributed by atoms with van der Waals surface area (Å²) in [6.45, 7) is 1.41. The molecule has 2 rings (SSSR count). The summed E-state index contributed by atoms with van der Waals surface area (Å²) in [5.74, 6) is -1.98. The van der Waals surface area contributed by atoms with E-state index in [2.05, 4.69) is 0 Å². The quantitative estimate of drug-likeness (QED) is 0.727. The van der Waals surface area contributed by atoms with Crippen molar-refractivity contribution in [1.82, 2.24) is 4.72 Å². The molecule has 0 saturated carbocycles. The number of carboxylic acids is 1. The second-order valence-corrected chi connectivity index (χ2v) is 5.00. The maximum atomic E-state index is 11.4. The van der Waals surface area contributed by atoms with Crippen molar-refractivity contribution in [3.8, 4) is 0 Å². The summed E-state index contributed by atoms with van der Waals surface area (Å²) < 4.78 is 24.6. The van der Waals surface area contributed by atoms with Crippen molar-refractivity contribution in [3.63, 3.8) is 0 Å². The van der Waals surface area contributed by atoms with Gasteiger partial charge in [0.15, 0.2) is 0 Å². The number of hydrogen-bond donors (Lipinski definition) is 2. The lowest BCUT2D eigenvalue weighted by Crippen LogP contribution is -2.21. The average Bonchev–Trinajstić information content (AvgIpc) is 2.37. The maximum absolute atomic E-state index is 11.4. The van der Waals surface area contributed by atoms with Crippen LogP contribution in [-0.2, 0) is 10.0 Å². The van der Waals surface area contributed by atoms with Crippen molar-refractivity contribution in [2.75, 3.05) is 0 Å². The number of fused-ring (bicyclic) bond motifs is 1. The van der Waals surface area contributed by atoms with Gasteiger partial charge in [-0.25, -0.2) is 17.9 Å². The van der Waals surface area contributed by atoms with Crippen molar-refractivity contribution < 1.29 is 23.1 Å². The van der Waals surface area contributed by atoms with Crippen molar-refractivity contribution in [2.45, 2.75) is 11.8 Å². The molecule has 16 heavy (non-hydrogen) atoms. The van der Waals surface area contributed by atoms with Crippen LogP contribution in [0.2, 0.25) is 0 Å². The number of benzene rings is 1.